The van der Waals surface area contributed by atoms with Crippen LogP contribution in [0.3, 0.4) is 0 Å². The van der Waals surface area contributed by atoms with Crippen LogP contribution in [0.2, 0.25) is 5.02 Å². The molecule has 2 aromatic heterocycles. The van der Waals surface area contributed by atoms with Gasteiger partial charge in [0.1, 0.15) is 17.6 Å². The molecule has 0 radical (unpaired) electrons. The van der Waals surface area contributed by atoms with Crippen molar-refractivity contribution in [2.24, 2.45) is 0 Å². The normalized spacial score (nSPS) is 11.9. The number of aldehydes is 1. The Morgan fingerprint density at radius 3 is 2.68 bits per heavy atom. The lowest BCUT2D eigenvalue weighted by molar-refractivity contribution is 0.0547. The number of hydrogen-bond acceptors (Lipinski definition) is 4. The minimum atomic E-state index is -0.658. The standard InChI is InChI=1S/C21H18ClN3O3/c1-21(2,3)28-20(27)25-17-7-4-12(11-26)8-13(17)9-18(25)19-15-6-5-14(22)10-16(15)23-24-19/h4-11H,1-3H3,(H,23,24). The highest BCUT2D eigenvalue weighted by Crippen LogP contribution is 2.33. The summed E-state index contributed by atoms with van der Waals surface area (Å²) in [4.78, 5) is 24.2. The first-order valence-electron chi connectivity index (χ1n) is 8.75. The number of benzene rings is 2. The second kappa shape index (κ2) is 6.49. The quantitative estimate of drug-likeness (QED) is 0.459. The van der Waals surface area contributed by atoms with Crippen molar-refractivity contribution in [2.45, 2.75) is 26.4 Å². The summed E-state index contributed by atoms with van der Waals surface area (Å²) in [5.74, 6) is 0. The van der Waals surface area contributed by atoms with Crippen LogP contribution in [0.15, 0.2) is 42.5 Å². The lowest BCUT2D eigenvalue weighted by atomic mass is 10.1. The van der Waals surface area contributed by atoms with Crippen LogP contribution < -0.4 is 0 Å². The average molecular weight is 396 g/mol. The number of nitrogens with zero attached hydrogens (tertiary/aromatic N) is 2. The van der Waals surface area contributed by atoms with Crippen molar-refractivity contribution in [2.75, 3.05) is 0 Å². The molecular weight excluding hydrogens is 378 g/mol. The van der Waals surface area contributed by atoms with Crippen molar-refractivity contribution in [1.82, 2.24) is 14.8 Å². The number of nitrogens with one attached hydrogen (secondary N) is 1. The summed E-state index contributed by atoms with van der Waals surface area (Å²) in [6.45, 7) is 5.44. The molecule has 0 unspecified atom stereocenters. The van der Waals surface area contributed by atoms with Crippen LogP contribution in [0.4, 0.5) is 4.79 Å². The smallest absolute Gasteiger partial charge is 0.419 e. The number of ether oxygens (including phenoxy) is 1. The average Bonchev–Trinajstić information content (AvgIpc) is 3.19. The zero-order valence-corrected chi connectivity index (χ0v) is 16.4. The van der Waals surface area contributed by atoms with Crippen LogP contribution in [0.5, 0.6) is 0 Å². The van der Waals surface area contributed by atoms with Crippen molar-refractivity contribution < 1.29 is 14.3 Å². The number of aromatic amines is 1. The van der Waals surface area contributed by atoms with Crippen molar-refractivity contribution in [3.63, 3.8) is 0 Å². The largest absolute Gasteiger partial charge is 0.443 e. The van der Waals surface area contributed by atoms with Crippen molar-refractivity contribution in [1.29, 1.82) is 0 Å². The lowest BCUT2D eigenvalue weighted by Gasteiger charge is -2.20. The highest BCUT2D eigenvalue weighted by molar-refractivity contribution is 6.31. The number of carbonyl (C=O) groups is 2. The van der Waals surface area contributed by atoms with Gasteiger partial charge in [0.15, 0.2) is 0 Å². The molecule has 7 heteroatoms. The number of H-pyrrole nitrogens is 1. The molecule has 1 N–H and O–H groups in total. The van der Waals surface area contributed by atoms with Crippen molar-refractivity contribution in [3.05, 3.63) is 53.1 Å². The Balaban J connectivity index is 1.99. The Labute approximate surface area is 166 Å². The van der Waals surface area contributed by atoms with E-state index in [1.165, 1.54) is 4.57 Å². The molecule has 0 aliphatic carbocycles. The maximum atomic E-state index is 13.0. The number of hydrogen-bond donors (Lipinski definition) is 1. The number of rotatable bonds is 2. The van der Waals surface area contributed by atoms with Crippen LogP contribution in [-0.2, 0) is 4.74 Å². The summed E-state index contributed by atoms with van der Waals surface area (Å²) < 4.78 is 7.10. The van der Waals surface area contributed by atoms with Gasteiger partial charge in [-0.25, -0.2) is 9.36 Å². The molecule has 0 aliphatic rings. The van der Waals surface area contributed by atoms with Gasteiger partial charge in [0.25, 0.3) is 0 Å². The zero-order valence-electron chi connectivity index (χ0n) is 15.6. The van der Waals surface area contributed by atoms with E-state index < -0.39 is 11.7 Å². The minimum absolute atomic E-state index is 0.513. The Bertz CT molecular complexity index is 1230. The Morgan fingerprint density at radius 1 is 1.18 bits per heavy atom. The van der Waals surface area contributed by atoms with E-state index in [1.54, 1.807) is 30.3 Å². The first-order valence-corrected chi connectivity index (χ1v) is 9.13. The van der Waals surface area contributed by atoms with Gasteiger partial charge in [-0.2, -0.15) is 5.10 Å². The first-order chi connectivity index (χ1) is 13.3. The predicted molar refractivity (Wildman–Crippen MR) is 109 cm³/mol. The molecule has 4 rings (SSSR count). The zero-order chi connectivity index (χ0) is 20.1. The number of halogens is 1. The molecule has 0 spiro atoms. The van der Waals surface area contributed by atoms with Crippen LogP contribution in [0.1, 0.15) is 31.1 Å². The molecule has 0 fully saturated rings. The van der Waals surface area contributed by atoms with Gasteiger partial charge in [-0.3, -0.25) is 9.89 Å². The summed E-state index contributed by atoms with van der Waals surface area (Å²) in [6.07, 6.45) is 0.261. The fourth-order valence-electron chi connectivity index (χ4n) is 3.17. The Kier molecular flexibility index (Phi) is 4.23. The molecule has 0 amide bonds. The van der Waals surface area contributed by atoms with Crippen LogP contribution in [-0.4, -0.2) is 32.7 Å². The van der Waals surface area contributed by atoms with Crippen LogP contribution in [0, 0.1) is 0 Å². The van der Waals surface area contributed by atoms with E-state index >= 15 is 0 Å². The van der Waals surface area contributed by atoms with E-state index in [0.717, 1.165) is 22.6 Å². The fourth-order valence-corrected chi connectivity index (χ4v) is 3.34. The second-order valence-electron chi connectivity index (χ2n) is 7.54. The monoisotopic (exact) mass is 395 g/mol. The summed E-state index contributed by atoms with van der Waals surface area (Å²) in [5, 5.41) is 9.52. The molecule has 0 atom stereocenters. The van der Waals surface area contributed by atoms with Gasteiger partial charge >= 0.3 is 6.09 Å². The molecular formula is C21H18ClN3O3. The predicted octanol–water partition coefficient (Wildman–Crippen LogP) is 5.43. The summed E-state index contributed by atoms with van der Waals surface area (Å²) in [5.41, 5.74) is 2.44. The molecule has 0 saturated heterocycles. The van der Waals surface area contributed by atoms with Gasteiger partial charge in [-0.05, 0) is 63.2 Å². The van der Waals surface area contributed by atoms with Crippen LogP contribution in [0.25, 0.3) is 33.2 Å². The van der Waals surface area contributed by atoms with E-state index in [4.69, 9.17) is 16.3 Å². The number of carbonyl (C=O) groups excluding carboxylic acids is 2. The van der Waals surface area contributed by atoms with E-state index in [0.29, 0.717) is 27.5 Å². The molecule has 0 bridgehead atoms. The fraction of sp³-hybridized carbons (Fsp3) is 0.190. The third-order valence-electron chi connectivity index (χ3n) is 4.31. The van der Waals surface area contributed by atoms with Crippen molar-refractivity contribution >= 4 is 45.8 Å². The third-order valence-corrected chi connectivity index (χ3v) is 4.54. The topological polar surface area (TPSA) is 77.0 Å². The summed E-state index contributed by atoms with van der Waals surface area (Å²) >= 11 is 6.07. The maximum absolute atomic E-state index is 13.0. The molecule has 0 aliphatic heterocycles. The number of aromatic nitrogens is 3. The molecule has 2 aromatic carbocycles. The molecule has 6 nitrogen and oxygen atoms in total. The van der Waals surface area contributed by atoms with Gasteiger partial charge in [0.2, 0.25) is 0 Å². The minimum Gasteiger partial charge on any atom is -0.443 e. The number of fused-ring (bicyclic) bond motifs is 2. The highest BCUT2D eigenvalue weighted by atomic mass is 35.5. The van der Waals surface area contributed by atoms with E-state index in [1.807, 2.05) is 32.9 Å². The van der Waals surface area contributed by atoms with Crippen molar-refractivity contribution in [3.8, 4) is 11.4 Å². The lowest BCUT2D eigenvalue weighted by Crippen LogP contribution is -2.27. The van der Waals surface area contributed by atoms with E-state index in [2.05, 4.69) is 10.2 Å². The molecule has 142 valence electrons. The van der Waals surface area contributed by atoms with Gasteiger partial charge in [0, 0.05) is 21.4 Å². The van der Waals surface area contributed by atoms with Gasteiger partial charge in [0.05, 0.1) is 16.7 Å². The van der Waals surface area contributed by atoms with Crippen LogP contribution >= 0.6 is 11.6 Å². The van der Waals surface area contributed by atoms with Gasteiger partial charge in [-0.15, -0.1) is 0 Å². The van der Waals surface area contributed by atoms with Gasteiger partial charge in [-0.1, -0.05) is 11.6 Å². The maximum Gasteiger partial charge on any atom is 0.419 e. The molecule has 28 heavy (non-hydrogen) atoms. The van der Waals surface area contributed by atoms with E-state index in [-0.39, 0.29) is 0 Å². The van der Waals surface area contributed by atoms with Gasteiger partial charge < -0.3 is 4.74 Å². The molecule has 4 aromatic rings. The Hall–Kier alpha value is -3.12. The van der Waals surface area contributed by atoms with E-state index in [9.17, 15) is 9.59 Å². The molecule has 0 saturated carbocycles. The second-order valence-corrected chi connectivity index (χ2v) is 7.98. The summed E-state index contributed by atoms with van der Waals surface area (Å²) in [7, 11) is 0. The highest BCUT2D eigenvalue weighted by Gasteiger charge is 2.24. The third kappa shape index (κ3) is 3.16. The SMILES string of the molecule is CC(C)(C)OC(=O)n1c(-c2n[nH]c3cc(Cl)ccc23)cc2cc(C=O)ccc21. The summed E-state index contributed by atoms with van der Waals surface area (Å²) in [6, 6.07) is 12.4. The molecule has 2 heterocycles. The Morgan fingerprint density at radius 2 is 1.96 bits per heavy atom. The first kappa shape index (κ1) is 18.3.